The molecule has 1 aliphatic heterocycles. The van der Waals surface area contributed by atoms with Crippen molar-refractivity contribution in [2.45, 2.75) is 43.9 Å². The van der Waals surface area contributed by atoms with Crippen LogP contribution in [0.5, 0.6) is 5.75 Å². The molecule has 2 aliphatic carbocycles. The maximum Gasteiger partial charge on any atom is 0.425 e. The molecule has 5 nitrogen and oxygen atoms in total. The van der Waals surface area contributed by atoms with Crippen LogP contribution in [0.4, 0.5) is 0 Å². The Balaban J connectivity index is 1.54. The lowest BCUT2D eigenvalue weighted by Crippen LogP contribution is -2.40. The SMILES string of the molecule is COc1ccccc1/C=C1/SC2C=CC(C(=O)NC3CCC(C)CC3)=CC2=[N+](C)C1=O. The predicted molar refractivity (Wildman–Crippen MR) is 125 cm³/mol. The molecule has 4 rings (SSSR count). The second-order valence-corrected chi connectivity index (χ2v) is 9.65. The number of nitrogens with one attached hydrogen (secondary N) is 1. The van der Waals surface area contributed by atoms with Gasteiger partial charge in [0.05, 0.1) is 7.11 Å². The summed E-state index contributed by atoms with van der Waals surface area (Å²) in [6, 6.07) is 7.90. The molecule has 162 valence electrons. The molecule has 0 saturated heterocycles. The molecule has 1 N–H and O–H groups in total. The Morgan fingerprint density at radius 3 is 2.71 bits per heavy atom. The van der Waals surface area contributed by atoms with Crippen LogP contribution in [0.3, 0.4) is 0 Å². The Morgan fingerprint density at radius 2 is 1.97 bits per heavy atom. The lowest BCUT2D eigenvalue weighted by atomic mass is 9.87. The van der Waals surface area contributed by atoms with E-state index in [2.05, 4.69) is 12.2 Å². The highest BCUT2D eigenvalue weighted by molar-refractivity contribution is 8.05. The number of hydrogen-bond acceptors (Lipinski definition) is 4. The number of nitrogens with zero attached hydrogens (tertiary/aromatic N) is 1. The molecule has 0 bridgehead atoms. The van der Waals surface area contributed by atoms with Crippen molar-refractivity contribution in [2.24, 2.45) is 5.92 Å². The first-order valence-electron chi connectivity index (χ1n) is 10.8. The van der Waals surface area contributed by atoms with E-state index in [0.717, 1.165) is 48.6 Å². The number of carbonyl (C=O) groups excluding carboxylic acids is 2. The van der Waals surface area contributed by atoms with Crippen LogP contribution in [0, 0.1) is 5.92 Å². The maximum atomic E-state index is 13.0. The van der Waals surface area contributed by atoms with Crippen LogP contribution in [0.2, 0.25) is 0 Å². The first-order valence-corrected chi connectivity index (χ1v) is 11.7. The van der Waals surface area contributed by atoms with E-state index >= 15 is 0 Å². The molecule has 1 aromatic carbocycles. The molecule has 3 aliphatic rings. The number of carbonyl (C=O) groups is 2. The van der Waals surface area contributed by atoms with E-state index in [4.69, 9.17) is 4.74 Å². The minimum atomic E-state index is -0.0743. The molecular weight excluding hydrogens is 408 g/mol. The molecule has 1 saturated carbocycles. The van der Waals surface area contributed by atoms with Crippen LogP contribution in [-0.2, 0) is 9.59 Å². The number of fused-ring (bicyclic) bond motifs is 1. The normalized spacial score (nSPS) is 27.1. The highest BCUT2D eigenvalue weighted by Crippen LogP contribution is 2.35. The molecule has 6 heteroatoms. The van der Waals surface area contributed by atoms with Gasteiger partial charge in [-0.3, -0.25) is 4.79 Å². The molecule has 1 fully saturated rings. The van der Waals surface area contributed by atoms with Crippen LogP contribution in [0.1, 0.15) is 38.2 Å². The lowest BCUT2D eigenvalue weighted by molar-refractivity contribution is -0.413. The molecule has 1 heterocycles. The van der Waals surface area contributed by atoms with Crippen molar-refractivity contribution in [1.29, 1.82) is 0 Å². The van der Waals surface area contributed by atoms with Crippen molar-refractivity contribution in [3.05, 3.63) is 58.5 Å². The van der Waals surface area contributed by atoms with E-state index < -0.39 is 0 Å². The summed E-state index contributed by atoms with van der Waals surface area (Å²) in [4.78, 5) is 26.5. The minimum absolute atomic E-state index is 0.00395. The van der Waals surface area contributed by atoms with Crippen LogP contribution < -0.4 is 10.1 Å². The first-order chi connectivity index (χ1) is 15.0. The molecule has 1 aromatic rings. The third-order valence-electron chi connectivity index (χ3n) is 6.24. The number of thioether (sulfide) groups is 1. The first kappa shape index (κ1) is 21.6. The zero-order valence-electron chi connectivity index (χ0n) is 18.3. The number of benzene rings is 1. The Bertz CT molecular complexity index is 1010. The van der Waals surface area contributed by atoms with E-state index in [1.807, 2.05) is 48.6 Å². The van der Waals surface area contributed by atoms with Crippen molar-refractivity contribution in [3.8, 4) is 5.75 Å². The second-order valence-electron chi connectivity index (χ2n) is 8.47. The topological polar surface area (TPSA) is 58.4 Å². The number of methoxy groups -OCH3 is 1. The highest BCUT2D eigenvalue weighted by Gasteiger charge is 2.38. The van der Waals surface area contributed by atoms with Gasteiger partial charge in [-0.2, -0.15) is 4.58 Å². The average Bonchev–Trinajstić information content (AvgIpc) is 2.79. The van der Waals surface area contributed by atoms with Crippen LogP contribution in [-0.4, -0.2) is 47.6 Å². The number of allylic oxidation sites excluding steroid dienone is 1. The summed E-state index contributed by atoms with van der Waals surface area (Å²) in [6.45, 7) is 2.27. The van der Waals surface area contributed by atoms with E-state index in [1.165, 1.54) is 11.8 Å². The summed E-state index contributed by atoms with van der Waals surface area (Å²) >= 11 is 1.51. The van der Waals surface area contributed by atoms with Crippen molar-refractivity contribution in [2.75, 3.05) is 14.2 Å². The molecule has 0 radical (unpaired) electrons. The highest BCUT2D eigenvalue weighted by atomic mass is 32.2. The Kier molecular flexibility index (Phi) is 6.46. The van der Waals surface area contributed by atoms with Crippen molar-refractivity contribution in [1.82, 2.24) is 5.32 Å². The third kappa shape index (κ3) is 4.69. The van der Waals surface area contributed by atoms with E-state index in [-0.39, 0.29) is 23.1 Å². The average molecular weight is 438 g/mol. The fourth-order valence-electron chi connectivity index (χ4n) is 4.27. The van der Waals surface area contributed by atoms with Crippen LogP contribution in [0.15, 0.2) is 53.0 Å². The van der Waals surface area contributed by atoms with Gasteiger partial charge >= 0.3 is 5.91 Å². The Hall–Kier alpha value is -2.60. The molecular formula is C25H29N2O3S+. The van der Waals surface area contributed by atoms with Crippen molar-refractivity contribution in [3.63, 3.8) is 0 Å². The zero-order valence-corrected chi connectivity index (χ0v) is 19.1. The summed E-state index contributed by atoms with van der Waals surface area (Å²) < 4.78 is 7.07. The van der Waals surface area contributed by atoms with Crippen LogP contribution >= 0.6 is 11.8 Å². The molecule has 0 aromatic heterocycles. The fraction of sp³-hybridized carbons (Fsp3) is 0.400. The number of likely N-dealkylation sites (N-methyl/N-ethyl adjacent to an activating group) is 1. The number of hydrogen-bond donors (Lipinski definition) is 1. The standard InChI is InChI=1S/C25H28N2O3S/c1-16-8-11-19(12-9-16)26-24(28)18-10-13-22-20(14-18)27(2)25(29)23(31-22)15-17-6-4-5-7-21(17)30-3/h4-7,10,13-16,19,22H,8-9,11-12H2,1-3H3/p+1/b23-15+. The molecule has 1 atom stereocenters. The zero-order chi connectivity index (χ0) is 22.0. The quantitative estimate of drug-likeness (QED) is 0.572. The van der Waals surface area contributed by atoms with Gasteiger partial charge in [0, 0.05) is 23.3 Å². The predicted octanol–water partition coefficient (Wildman–Crippen LogP) is 3.95. The van der Waals surface area contributed by atoms with E-state index in [9.17, 15) is 9.59 Å². The monoisotopic (exact) mass is 437 g/mol. The summed E-state index contributed by atoms with van der Waals surface area (Å²) in [7, 11) is 3.40. The third-order valence-corrected chi connectivity index (χ3v) is 7.44. The van der Waals surface area contributed by atoms with Gasteiger partial charge in [0.2, 0.25) is 5.71 Å². The van der Waals surface area contributed by atoms with Crippen molar-refractivity contribution < 1.29 is 18.9 Å². The van der Waals surface area contributed by atoms with Crippen molar-refractivity contribution >= 4 is 35.4 Å². The molecule has 31 heavy (non-hydrogen) atoms. The summed E-state index contributed by atoms with van der Waals surface area (Å²) in [6.07, 6.45) is 12.0. The number of rotatable bonds is 4. The van der Waals surface area contributed by atoms with E-state index in [0.29, 0.717) is 10.5 Å². The number of amides is 2. The van der Waals surface area contributed by atoms with Gasteiger partial charge in [-0.05, 0) is 43.7 Å². The van der Waals surface area contributed by atoms with Gasteiger partial charge in [-0.25, -0.2) is 4.79 Å². The van der Waals surface area contributed by atoms with Gasteiger partial charge in [-0.1, -0.05) is 49.0 Å². The summed E-state index contributed by atoms with van der Waals surface area (Å²) in [5, 5.41) is 3.17. The van der Waals surface area contributed by atoms with E-state index in [1.54, 1.807) is 18.7 Å². The fourth-order valence-corrected chi connectivity index (χ4v) is 5.48. The van der Waals surface area contributed by atoms with Crippen LogP contribution in [0.25, 0.3) is 6.08 Å². The van der Waals surface area contributed by atoms with Gasteiger partial charge in [0.1, 0.15) is 23.0 Å². The molecule has 0 spiro atoms. The number of para-hydroxylation sites is 1. The largest absolute Gasteiger partial charge is 0.496 e. The Labute approximate surface area is 187 Å². The molecule has 1 unspecified atom stereocenters. The second kappa shape index (κ2) is 9.27. The molecule has 2 amide bonds. The smallest absolute Gasteiger partial charge is 0.425 e. The van der Waals surface area contributed by atoms with Gasteiger partial charge in [-0.15, -0.1) is 0 Å². The maximum absolute atomic E-state index is 13.0. The Morgan fingerprint density at radius 1 is 1.23 bits per heavy atom. The minimum Gasteiger partial charge on any atom is -0.496 e. The van der Waals surface area contributed by atoms with Gasteiger partial charge in [0.15, 0.2) is 0 Å². The summed E-state index contributed by atoms with van der Waals surface area (Å²) in [5.41, 5.74) is 2.33. The number of ether oxygens (including phenoxy) is 1. The lowest BCUT2D eigenvalue weighted by Gasteiger charge is -2.27. The van der Waals surface area contributed by atoms with Gasteiger partial charge in [0.25, 0.3) is 5.91 Å². The summed E-state index contributed by atoms with van der Waals surface area (Å²) in [5.74, 6) is 1.35. The van der Waals surface area contributed by atoms with Gasteiger partial charge < -0.3 is 10.1 Å².